The third-order valence-electron chi connectivity index (χ3n) is 3.21. The van der Waals surface area contributed by atoms with Gasteiger partial charge >= 0.3 is 5.97 Å². The maximum absolute atomic E-state index is 11.7. The van der Waals surface area contributed by atoms with Crippen LogP contribution in [0.1, 0.15) is 38.6 Å². The summed E-state index contributed by atoms with van der Waals surface area (Å²) in [6, 6.07) is 12.1. The lowest BCUT2D eigenvalue weighted by molar-refractivity contribution is 0.0599. The molecule has 2 aromatic rings. The SMILES string of the molecule is COC(=O)c1ccccc1CNC(C)c1ccc(C)s1. The van der Waals surface area contributed by atoms with Crippen LogP contribution in [0.3, 0.4) is 0 Å². The Morgan fingerprint density at radius 1 is 1.30 bits per heavy atom. The molecule has 1 aromatic carbocycles. The van der Waals surface area contributed by atoms with Crippen LogP contribution in [0.25, 0.3) is 0 Å². The van der Waals surface area contributed by atoms with Crippen LogP contribution in [0.5, 0.6) is 0 Å². The number of nitrogens with one attached hydrogen (secondary N) is 1. The van der Waals surface area contributed by atoms with Crippen molar-refractivity contribution in [2.45, 2.75) is 26.4 Å². The molecular formula is C16H19NO2S. The molecule has 0 fully saturated rings. The Kier molecular flexibility index (Phi) is 4.93. The number of methoxy groups -OCH3 is 1. The average molecular weight is 289 g/mol. The standard InChI is InChI=1S/C16H19NO2S/c1-11-8-9-15(20-11)12(2)17-10-13-6-4-5-7-14(13)16(18)19-3/h4-9,12,17H,10H2,1-3H3. The number of esters is 1. The molecule has 2 rings (SSSR count). The topological polar surface area (TPSA) is 38.3 Å². The molecule has 0 saturated heterocycles. The van der Waals surface area contributed by atoms with Gasteiger partial charge in [-0.25, -0.2) is 4.79 Å². The molecule has 0 radical (unpaired) electrons. The van der Waals surface area contributed by atoms with Crippen molar-refractivity contribution in [3.05, 3.63) is 57.3 Å². The predicted molar refractivity (Wildman–Crippen MR) is 82.1 cm³/mol. The molecule has 3 nitrogen and oxygen atoms in total. The van der Waals surface area contributed by atoms with Crippen molar-refractivity contribution in [2.24, 2.45) is 0 Å². The van der Waals surface area contributed by atoms with Gasteiger partial charge in [0.05, 0.1) is 12.7 Å². The first-order valence-electron chi connectivity index (χ1n) is 6.57. The predicted octanol–water partition coefficient (Wildman–Crippen LogP) is 3.69. The Balaban J connectivity index is 2.05. The number of thiophene rings is 1. The van der Waals surface area contributed by atoms with E-state index in [0.29, 0.717) is 12.1 Å². The van der Waals surface area contributed by atoms with E-state index in [1.165, 1.54) is 16.9 Å². The number of carbonyl (C=O) groups excluding carboxylic acids is 1. The lowest BCUT2D eigenvalue weighted by Gasteiger charge is -2.14. The number of aryl methyl sites for hydroxylation is 1. The van der Waals surface area contributed by atoms with Crippen LogP contribution in [-0.2, 0) is 11.3 Å². The van der Waals surface area contributed by atoms with E-state index in [2.05, 4.69) is 31.3 Å². The van der Waals surface area contributed by atoms with Crippen LogP contribution in [0.15, 0.2) is 36.4 Å². The molecule has 1 N–H and O–H groups in total. The fraction of sp³-hybridized carbons (Fsp3) is 0.312. The zero-order valence-corrected chi connectivity index (χ0v) is 12.8. The van der Waals surface area contributed by atoms with Crippen molar-refractivity contribution in [3.63, 3.8) is 0 Å². The molecule has 1 heterocycles. The largest absolute Gasteiger partial charge is 0.465 e. The molecular weight excluding hydrogens is 270 g/mol. The van der Waals surface area contributed by atoms with E-state index in [9.17, 15) is 4.79 Å². The van der Waals surface area contributed by atoms with Gasteiger partial charge in [-0.05, 0) is 37.6 Å². The van der Waals surface area contributed by atoms with Crippen LogP contribution in [0.4, 0.5) is 0 Å². The minimum absolute atomic E-state index is 0.263. The van der Waals surface area contributed by atoms with E-state index < -0.39 is 0 Å². The molecule has 20 heavy (non-hydrogen) atoms. The van der Waals surface area contributed by atoms with Gasteiger partial charge in [-0.3, -0.25) is 0 Å². The normalized spacial score (nSPS) is 12.2. The Bertz CT molecular complexity index is 592. The molecule has 0 saturated carbocycles. The molecule has 0 aliphatic rings. The molecule has 106 valence electrons. The number of ether oxygens (including phenoxy) is 1. The Morgan fingerprint density at radius 2 is 2.05 bits per heavy atom. The molecule has 4 heteroatoms. The number of hydrogen-bond acceptors (Lipinski definition) is 4. The van der Waals surface area contributed by atoms with Crippen molar-refractivity contribution in [1.29, 1.82) is 0 Å². The number of hydrogen-bond donors (Lipinski definition) is 1. The first-order chi connectivity index (χ1) is 9.61. The highest BCUT2D eigenvalue weighted by Crippen LogP contribution is 2.22. The third-order valence-corrected chi connectivity index (χ3v) is 4.39. The summed E-state index contributed by atoms with van der Waals surface area (Å²) in [4.78, 5) is 14.3. The molecule has 1 atom stereocenters. The minimum atomic E-state index is -0.290. The Hall–Kier alpha value is -1.65. The summed E-state index contributed by atoms with van der Waals surface area (Å²) in [5, 5.41) is 3.45. The average Bonchev–Trinajstić information content (AvgIpc) is 2.91. The van der Waals surface area contributed by atoms with E-state index in [4.69, 9.17) is 4.74 Å². The Labute approximate surface area is 123 Å². The van der Waals surface area contributed by atoms with Crippen molar-refractivity contribution >= 4 is 17.3 Å². The van der Waals surface area contributed by atoms with E-state index in [-0.39, 0.29) is 12.0 Å². The first-order valence-corrected chi connectivity index (χ1v) is 7.39. The molecule has 1 aromatic heterocycles. The molecule has 0 aliphatic heterocycles. The summed E-state index contributed by atoms with van der Waals surface area (Å²) in [6.45, 7) is 4.88. The highest BCUT2D eigenvalue weighted by Gasteiger charge is 2.12. The summed E-state index contributed by atoms with van der Waals surface area (Å²) in [7, 11) is 1.41. The van der Waals surface area contributed by atoms with Gasteiger partial charge < -0.3 is 10.1 Å². The van der Waals surface area contributed by atoms with Crippen LogP contribution in [0.2, 0.25) is 0 Å². The molecule has 0 bridgehead atoms. The second-order valence-corrected chi connectivity index (χ2v) is 6.02. The van der Waals surface area contributed by atoms with Crippen molar-refractivity contribution < 1.29 is 9.53 Å². The van der Waals surface area contributed by atoms with Crippen LogP contribution in [0, 0.1) is 6.92 Å². The third kappa shape index (κ3) is 3.46. The van der Waals surface area contributed by atoms with Gasteiger partial charge in [0.2, 0.25) is 0 Å². The first kappa shape index (κ1) is 14.8. The van der Waals surface area contributed by atoms with Crippen molar-refractivity contribution in [3.8, 4) is 0 Å². The summed E-state index contributed by atoms with van der Waals surface area (Å²) in [6.07, 6.45) is 0. The smallest absolute Gasteiger partial charge is 0.338 e. The lowest BCUT2D eigenvalue weighted by atomic mass is 10.1. The van der Waals surface area contributed by atoms with Crippen LogP contribution >= 0.6 is 11.3 Å². The maximum atomic E-state index is 11.7. The zero-order chi connectivity index (χ0) is 14.5. The monoisotopic (exact) mass is 289 g/mol. The van der Waals surface area contributed by atoms with Gasteiger partial charge in [0.1, 0.15) is 0 Å². The van der Waals surface area contributed by atoms with Crippen LogP contribution < -0.4 is 5.32 Å². The minimum Gasteiger partial charge on any atom is -0.465 e. The van der Waals surface area contributed by atoms with Gasteiger partial charge in [-0.1, -0.05) is 18.2 Å². The molecule has 0 aliphatic carbocycles. The van der Waals surface area contributed by atoms with Crippen molar-refractivity contribution in [1.82, 2.24) is 5.32 Å². The quantitative estimate of drug-likeness (QED) is 0.853. The molecule has 0 amide bonds. The second-order valence-electron chi connectivity index (χ2n) is 4.70. The summed E-state index contributed by atoms with van der Waals surface area (Å²) in [5.41, 5.74) is 1.58. The van der Waals surface area contributed by atoms with Gasteiger partial charge in [0.15, 0.2) is 0 Å². The lowest BCUT2D eigenvalue weighted by Crippen LogP contribution is -2.19. The molecule has 1 unspecified atom stereocenters. The maximum Gasteiger partial charge on any atom is 0.338 e. The number of rotatable bonds is 5. The van der Waals surface area contributed by atoms with Gasteiger partial charge in [0.25, 0.3) is 0 Å². The van der Waals surface area contributed by atoms with Gasteiger partial charge in [-0.2, -0.15) is 0 Å². The molecule has 0 spiro atoms. The summed E-state index contributed by atoms with van der Waals surface area (Å²) in [5.74, 6) is -0.290. The van der Waals surface area contributed by atoms with E-state index in [1.807, 2.05) is 18.2 Å². The van der Waals surface area contributed by atoms with Crippen LogP contribution in [-0.4, -0.2) is 13.1 Å². The van der Waals surface area contributed by atoms with Crippen molar-refractivity contribution in [2.75, 3.05) is 7.11 Å². The highest BCUT2D eigenvalue weighted by molar-refractivity contribution is 7.12. The van der Waals surface area contributed by atoms with E-state index >= 15 is 0 Å². The van der Waals surface area contributed by atoms with Gasteiger partial charge in [0, 0.05) is 22.3 Å². The fourth-order valence-corrected chi connectivity index (χ4v) is 2.94. The van der Waals surface area contributed by atoms with E-state index in [1.54, 1.807) is 17.4 Å². The highest BCUT2D eigenvalue weighted by atomic mass is 32.1. The number of carbonyl (C=O) groups is 1. The fourth-order valence-electron chi connectivity index (χ4n) is 2.03. The Morgan fingerprint density at radius 3 is 2.70 bits per heavy atom. The van der Waals surface area contributed by atoms with E-state index in [0.717, 1.165) is 5.56 Å². The second kappa shape index (κ2) is 6.68. The summed E-state index contributed by atoms with van der Waals surface area (Å²) >= 11 is 1.79. The number of benzene rings is 1. The summed E-state index contributed by atoms with van der Waals surface area (Å²) < 4.78 is 4.81. The van der Waals surface area contributed by atoms with Gasteiger partial charge in [-0.15, -0.1) is 11.3 Å². The zero-order valence-electron chi connectivity index (χ0n) is 12.0.